The minimum absolute atomic E-state index is 0.335. The minimum Gasteiger partial charge on any atom is -0.481 e. The molecule has 0 radical (unpaired) electrons. The molecule has 0 heterocycles. The fraction of sp³-hybridized carbons (Fsp3) is 0.838. The van der Waals surface area contributed by atoms with Crippen LogP contribution in [-0.2, 0) is 9.59 Å². The Balaban J connectivity index is 0. The average molecular weight is 579 g/mol. The van der Waals surface area contributed by atoms with E-state index in [-0.39, 0.29) is 0 Å². The van der Waals surface area contributed by atoms with Crippen molar-refractivity contribution in [2.75, 3.05) is 0 Å². The number of carboxylic acid groups (broad SMARTS) is 2. The molecule has 41 heavy (non-hydrogen) atoms. The van der Waals surface area contributed by atoms with Crippen LogP contribution < -0.4 is 0 Å². The highest BCUT2D eigenvalue weighted by molar-refractivity contribution is 5.66. The van der Waals surface area contributed by atoms with Crippen LogP contribution in [0.3, 0.4) is 0 Å². The van der Waals surface area contributed by atoms with Gasteiger partial charge in [0.25, 0.3) is 0 Å². The number of hydrogen-bond acceptors (Lipinski definition) is 2. The van der Waals surface area contributed by atoms with E-state index in [9.17, 15) is 9.59 Å². The van der Waals surface area contributed by atoms with Crippen molar-refractivity contribution in [1.29, 1.82) is 0 Å². The highest BCUT2D eigenvalue weighted by Crippen LogP contribution is 2.13. The van der Waals surface area contributed by atoms with Gasteiger partial charge in [0.15, 0.2) is 0 Å². The van der Waals surface area contributed by atoms with Crippen molar-refractivity contribution in [2.45, 2.75) is 200 Å². The molecule has 242 valence electrons. The Morgan fingerprint density at radius 2 is 0.659 bits per heavy atom. The van der Waals surface area contributed by atoms with E-state index < -0.39 is 11.9 Å². The summed E-state index contributed by atoms with van der Waals surface area (Å²) in [5.74, 6) is -1.32. The normalized spacial score (nSPS) is 11.3. The van der Waals surface area contributed by atoms with Gasteiger partial charge in [-0.15, -0.1) is 0 Å². The Morgan fingerprint density at radius 3 is 0.951 bits per heavy atom. The molecule has 0 amide bonds. The van der Waals surface area contributed by atoms with Crippen LogP contribution >= 0.6 is 0 Å². The van der Waals surface area contributed by atoms with Crippen molar-refractivity contribution in [3.05, 3.63) is 24.3 Å². The number of rotatable bonds is 31. The summed E-state index contributed by atoms with van der Waals surface area (Å²) in [5, 5.41) is 17.0. The fourth-order valence-corrected chi connectivity index (χ4v) is 4.94. The lowest BCUT2D eigenvalue weighted by atomic mass is 10.0. The summed E-state index contributed by atoms with van der Waals surface area (Å²) in [6, 6.07) is 0. The summed E-state index contributed by atoms with van der Waals surface area (Å²) in [5.41, 5.74) is 0. The molecule has 2 N–H and O–H groups in total. The van der Waals surface area contributed by atoms with Crippen LogP contribution in [0.15, 0.2) is 24.3 Å². The van der Waals surface area contributed by atoms with Gasteiger partial charge in [0, 0.05) is 12.8 Å². The average Bonchev–Trinajstić information content (AvgIpc) is 2.95. The molecule has 0 saturated heterocycles. The Hall–Kier alpha value is -1.58. The Morgan fingerprint density at radius 1 is 0.390 bits per heavy atom. The number of aliphatic carboxylic acids is 2. The predicted octanol–water partition coefficient (Wildman–Crippen LogP) is 12.6. The highest BCUT2D eigenvalue weighted by atomic mass is 16.4. The van der Waals surface area contributed by atoms with Crippen LogP contribution in [0.25, 0.3) is 0 Å². The maximum absolute atomic E-state index is 10.3. The summed E-state index contributed by atoms with van der Waals surface area (Å²) in [6.07, 6.45) is 44.0. The smallest absolute Gasteiger partial charge is 0.303 e. The number of unbranched alkanes of at least 4 members (excludes halogenated alkanes) is 23. The zero-order valence-corrected chi connectivity index (χ0v) is 27.5. The first-order chi connectivity index (χ1) is 20.0. The van der Waals surface area contributed by atoms with Crippen LogP contribution in [0.2, 0.25) is 0 Å². The molecule has 0 aromatic heterocycles. The fourth-order valence-electron chi connectivity index (χ4n) is 4.94. The van der Waals surface area contributed by atoms with Crippen molar-refractivity contribution in [3.8, 4) is 0 Å². The minimum atomic E-state index is -0.662. The van der Waals surface area contributed by atoms with E-state index in [2.05, 4.69) is 38.2 Å². The topological polar surface area (TPSA) is 74.6 Å². The molecule has 0 saturated carbocycles. The van der Waals surface area contributed by atoms with Crippen molar-refractivity contribution in [2.24, 2.45) is 0 Å². The maximum atomic E-state index is 10.3. The van der Waals surface area contributed by atoms with E-state index in [1.807, 2.05) is 0 Å². The van der Waals surface area contributed by atoms with Crippen LogP contribution in [0.1, 0.15) is 200 Å². The van der Waals surface area contributed by atoms with E-state index >= 15 is 0 Å². The van der Waals surface area contributed by atoms with Gasteiger partial charge in [0.1, 0.15) is 0 Å². The molecule has 0 unspecified atom stereocenters. The van der Waals surface area contributed by atoms with E-state index in [0.29, 0.717) is 12.8 Å². The second-order valence-electron chi connectivity index (χ2n) is 11.8. The van der Waals surface area contributed by atoms with E-state index in [0.717, 1.165) is 32.1 Å². The number of carbonyl (C=O) groups is 2. The summed E-state index contributed by atoms with van der Waals surface area (Å²) >= 11 is 0. The number of carboxylic acids is 2. The van der Waals surface area contributed by atoms with E-state index in [4.69, 9.17) is 10.2 Å². The van der Waals surface area contributed by atoms with Gasteiger partial charge in [-0.2, -0.15) is 0 Å². The van der Waals surface area contributed by atoms with Gasteiger partial charge in [0.2, 0.25) is 0 Å². The standard InChI is InChI=1S/C19H36O2.C18H34O2/c1-2-3-4-5-6-7-8-9-10-11-12-13-14-15-16-17-18-19(20)21;1-2-3-4-5-6-7-8-9-10-11-12-13-14-15-16-17-18(19)20/h9-10H,2-8,11-18H2,1H3,(H,20,21);3-4H,2,5-17H2,1H3,(H,19,20). The van der Waals surface area contributed by atoms with Crippen molar-refractivity contribution < 1.29 is 19.8 Å². The summed E-state index contributed by atoms with van der Waals surface area (Å²) in [6.45, 7) is 4.45. The molecule has 0 aromatic rings. The maximum Gasteiger partial charge on any atom is 0.303 e. The van der Waals surface area contributed by atoms with Crippen LogP contribution in [0, 0.1) is 0 Å². The molecule has 0 atom stereocenters. The third-order valence-electron chi connectivity index (χ3n) is 7.57. The zero-order valence-electron chi connectivity index (χ0n) is 27.5. The first-order valence-corrected chi connectivity index (χ1v) is 17.8. The Bertz CT molecular complexity index is 581. The van der Waals surface area contributed by atoms with Gasteiger partial charge in [-0.3, -0.25) is 9.59 Å². The van der Waals surface area contributed by atoms with Gasteiger partial charge in [-0.25, -0.2) is 0 Å². The molecule has 0 aliphatic heterocycles. The quantitative estimate of drug-likeness (QED) is 0.0633. The molecule has 0 aliphatic carbocycles. The number of allylic oxidation sites excluding steroid dienone is 4. The second-order valence-corrected chi connectivity index (χ2v) is 11.8. The lowest BCUT2D eigenvalue weighted by Crippen LogP contribution is -1.93. The van der Waals surface area contributed by atoms with E-state index in [1.165, 1.54) is 141 Å². The molecule has 0 aliphatic rings. The van der Waals surface area contributed by atoms with Crippen LogP contribution in [0.5, 0.6) is 0 Å². The van der Waals surface area contributed by atoms with Gasteiger partial charge >= 0.3 is 11.9 Å². The Kier molecular flexibility index (Phi) is 38.9. The lowest BCUT2D eigenvalue weighted by Gasteiger charge is -2.02. The third kappa shape index (κ3) is 45.6. The molecule has 0 fully saturated rings. The second kappa shape index (κ2) is 38.4. The Labute approximate surface area is 255 Å². The lowest BCUT2D eigenvalue weighted by molar-refractivity contribution is -0.138. The van der Waals surface area contributed by atoms with Gasteiger partial charge in [-0.05, 0) is 57.8 Å². The molecule has 0 rings (SSSR count). The van der Waals surface area contributed by atoms with E-state index in [1.54, 1.807) is 0 Å². The molecule has 4 nitrogen and oxygen atoms in total. The molecule has 0 spiro atoms. The van der Waals surface area contributed by atoms with Crippen molar-refractivity contribution >= 4 is 11.9 Å². The molecule has 4 heteroatoms. The van der Waals surface area contributed by atoms with Gasteiger partial charge in [-0.1, -0.05) is 154 Å². The van der Waals surface area contributed by atoms with Gasteiger partial charge in [0.05, 0.1) is 0 Å². The van der Waals surface area contributed by atoms with Gasteiger partial charge < -0.3 is 10.2 Å². The van der Waals surface area contributed by atoms with Crippen LogP contribution in [0.4, 0.5) is 0 Å². The predicted molar refractivity (Wildman–Crippen MR) is 179 cm³/mol. The van der Waals surface area contributed by atoms with Crippen molar-refractivity contribution in [3.63, 3.8) is 0 Å². The number of hydrogen-bond donors (Lipinski definition) is 2. The summed E-state index contributed by atoms with van der Waals surface area (Å²) < 4.78 is 0. The summed E-state index contributed by atoms with van der Waals surface area (Å²) in [7, 11) is 0. The molecular formula is C37H70O4. The first kappa shape index (κ1) is 41.6. The van der Waals surface area contributed by atoms with Crippen LogP contribution in [-0.4, -0.2) is 22.2 Å². The molecule has 0 bridgehead atoms. The monoisotopic (exact) mass is 579 g/mol. The molecular weight excluding hydrogens is 508 g/mol. The molecule has 0 aromatic carbocycles. The highest BCUT2D eigenvalue weighted by Gasteiger charge is 1.97. The first-order valence-electron chi connectivity index (χ1n) is 17.8. The zero-order chi connectivity index (χ0) is 30.5. The summed E-state index contributed by atoms with van der Waals surface area (Å²) in [4.78, 5) is 20.7. The van der Waals surface area contributed by atoms with Crippen molar-refractivity contribution in [1.82, 2.24) is 0 Å². The largest absolute Gasteiger partial charge is 0.481 e. The SMILES string of the molecule is CCC=CCCCCCCCCCCCCCC(=O)O.CCCCCCCCC=CCCCCCCCCC(=O)O. The third-order valence-corrected chi connectivity index (χ3v) is 7.57.